The highest BCUT2D eigenvalue weighted by Crippen LogP contribution is 2.34. The van der Waals surface area contributed by atoms with Gasteiger partial charge in [-0.2, -0.15) is 13.2 Å². The fourth-order valence-corrected chi connectivity index (χ4v) is 2.91. The first-order valence-corrected chi connectivity index (χ1v) is 8.27. The Morgan fingerprint density at radius 3 is 2.85 bits per heavy atom. The van der Waals surface area contributed by atoms with Crippen LogP contribution in [0.25, 0.3) is 11.3 Å². The van der Waals surface area contributed by atoms with Crippen LogP contribution in [0.4, 0.5) is 13.2 Å². The maximum Gasteiger partial charge on any atom is 0.416 e. The smallest absolute Gasteiger partial charge is 0.375 e. The number of benzene rings is 1. The zero-order valence-electron chi connectivity index (χ0n) is 14.6. The lowest BCUT2D eigenvalue weighted by Crippen LogP contribution is -2.44. The van der Waals surface area contributed by atoms with Crippen LogP contribution in [0.5, 0.6) is 0 Å². The molecule has 27 heavy (non-hydrogen) atoms. The fraction of sp³-hybridized carbons (Fsp3) is 0.389. The van der Waals surface area contributed by atoms with E-state index in [1.165, 1.54) is 25.6 Å². The van der Waals surface area contributed by atoms with Gasteiger partial charge in [-0.1, -0.05) is 12.1 Å². The first kappa shape index (κ1) is 19.2. The lowest BCUT2D eigenvalue weighted by atomic mass is 10.0. The molecule has 1 aliphatic rings. The Morgan fingerprint density at radius 1 is 1.33 bits per heavy atom. The Bertz CT molecular complexity index is 814. The SMILES string of the molecule is COCC(=O)N1CCOC(c2nccnc2-c2cccc(C(F)(F)F)c2)C1. The molecule has 1 atom stereocenters. The normalized spacial score (nSPS) is 17.8. The largest absolute Gasteiger partial charge is 0.416 e. The van der Waals surface area contributed by atoms with Crippen LogP contribution in [-0.4, -0.2) is 54.2 Å². The number of hydrogen-bond acceptors (Lipinski definition) is 5. The highest BCUT2D eigenvalue weighted by atomic mass is 19.4. The van der Waals surface area contributed by atoms with Crippen LogP contribution >= 0.6 is 0 Å². The van der Waals surface area contributed by atoms with Crippen LogP contribution in [0.2, 0.25) is 0 Å². The third-order valence-electron chi connectivity index (χ3n) is 4.18. The van der Waals surface area contributed by atoms with Gasteiger partial charge < -0.3 is 14.4 Å². The minimum absolute atomic E-state index is 0.0479. The molecule has 6 nitrogen and oxygen atoms in total. The predicted octanol–water partition coefficient (Wildman–Crippen LogP) is 2.71. The molecule has 0 aliphatic carbocycles. The Balaban J connectivity index is 1.92. The molecule has 3 rings (SSSR count). The summed E-state index contributed by atoms with van der Waals surface area (Å²) in [5.41, 5.74) is 0.219. The van der Waals surface area contributed by atoms with Crippen LogP contribution in [-0.2, 0) is 20.4 Å². The average Bonchev–Trinajstić information content (AvgIpc) is 2.68. The van der Waals surface area contributed by atoms with Crippen molar-refractivity contribution in [1.29, 1.82) is 0 Å². The van der Waals surface area contributed by atoms with Crippen molar-refractivity contribution in [2.45, 2.75) is 12.3 Å². The molecule has 0 N–H and O–H groups in total. The second-order valence-electron chi connectivity index (χ2n) is 6.00. The molecule has 1 unspecified atom stereocenters. The maximum absolute atomic E-state index is 13.0. The van der Waals surface area contributed by atoms with Crippen molar-refractivity contribution in [3.8, 4) is 11.3 Å². The molecule has 1 fully saturated rings. The van der Waals surface area contributed by atoms with Crippen LogP contribution in [0.3, 0.4) is 0 Å². The number of halogens is 3. The van der Waals surface area contributed by atoms with Crippen molar-refractivity contribution in [2.24, 2.45) is 0 Å². The number of carbonyl (C=O) groups excluding carboxylic acids is 1. The Kier molecular flexibility index (Phi) is 5.71. The highest BCUT2D eigenvalue weighted by molar-refractivity contribution is 5.77. The summed E-state index contributed by atoms with van der Waals surface area (Å²) in [6.07, 6.45) is -2.18. The third kappa shape index (κ3) is 4.42. The van der Waals surface area contributed by atoms with E-state index in [0.717, 1.165) is 12.1 Å². The second-order valence-corrected chi connectivity index (χ2v) is 6.00. The van der Waals surface area contributed by atoms with Crippen LogP contribution in [0.1, 0.15) is 17.4 Å². The summed E-state index contributed by atoms with van der Waals surface area (Å²) in [5.74, 6) is -0.185. The molecule has 1 aromatic carbocycles. The summed E-state index contributed by atoms with van der Waals surface area (Å²) >= 11 is 0. The van der Waals surface area contributed by atoms with Gasteiger partial charge in [0.25, 0.3) is 0 Å². The lowest BCUT2D eigenvalue weighted by molar-refractivity contribution is -0.143. The van der Waals surface area contributed by atoms with Crippen molar-refractivity contribution in [1.82, 2.24) is 14.9 Å². The van der Waals surface area contributed by atoms with E-state index in [4.69, 9.17) is 9.47 Å². The zero-order chi connectivity index (χ0) is 19.4. The summed E-state index contributed by atoms with van der Waals surface area (Å²) < 4.78 is 49.7. The van der Waals surface area contributed by atoms with Gasteiger partial charge in [0.1, 0.15) is 12.7 Å². The van der Waals surface area contributed by atoms with Gasteiger partial charge in [-0.05, 0) is 12.1 Å². The molecule has 0 spiro atoms. The molecule has 1 aliphatic heterocycles. The van der Waals surface area contributed by atoms with E-state index in [9.17, 15) is 18.0 Å². The van der Waals surface area contributed by atoms with E-state index < -0.39 is 17.8 Å². The molecule has 9 heteroatoms. The van der Waals surface area contributed by atoms with E-state index in [2.05, 4.69) is 9.97 Å². The molecule has 2 aromatic rings. The third-order valence-corrected chi connectivity index (χ3v) is 4.18. The molecule has 0 radical (unpaired) electrons. The van der Waals surface area contributed by atoms with Gasteiger partial charge in [0.2, 0.25) is 5.91 Å². The predicted molar refractivity (Wildman–Crippen MR) is 89.6 cm³/mol. The Morgan fingerprint density at radius 2 is 2.11 bits per heavy atom. The standard InChI is InChI=1S/C18H18F3N3O3/c1-26-11-15(25)24-7-8-27-14(10-24)17-16(22-5-6-23-17)12-3-2-4-13(9-12)18(19,20)21/h2-6,9,14H,7-8,10-11H2,1H3. The summed E-state index contributed by atoms with van der Waals surface area (Å²) in [6, 6.07) is 4.90. The van der Waals surface area contributed by atoms with E-state index >= 15 is 0 Å². The van der Waals surface area contributed by atoms with Gasteiger partial charge in [0, 0.05) is 31.6 Å². The van der Waals surface area contributed by atoms with E-state index in [-0.39, 0.29) is 24.6 Å². The number of carbonyl (C=O) groups is 1. The maximum atomic E-state index is 13.0. The number of alkyl halides is 3. The molecule has 0 saturated carbocycles. The van der Waals surface area contributed by atoms with E-state index in [1.54, 1.807) is 11.0 Å². The van der Waals surface area contributed by atoms with E-state index in [1.807, 2.05) is 0 Å². The number of hydrogen-bond donors (Lipinski definition) is 0. The van der Waals surface area contributed by atoms with Crippen molar-refractivity contribution in [3.63, 3.8) is 0 Å². The summed E-state index contributed by atoms with van der Waals surface area (Å²) in [5, 5.41) is 0. The van der Waals surface area contributed by atoms with Crippen molar-refractivity contribution < 1.29 is 27.4 Å². The Labute approximate surface area is 153 Å². The van der Waals surface area contributed by atoms with Gasteiger partial charge in [-0.15, -0.1) is 0 Å². The number of methoxy groups -OCH3 is 1. The van der Waals surface area contributed by atoms with Crippen LogP contribution in [0, 0.1) is 0 Å². The molecular weight excluding hydrogens is 363 g/mol. The zero-order valence-corrected chi connectivity index (χ0v) is 14.6. The van der Waals surface area contributed by atoms with Gasteiger partial charge in [-0.25, -0.2) is 0 Å². The number of aromatic nitrogens is 2. The molecule has 1 amide bonds. The van der Waals surface area contributed by atoms with Crippen molar-refractivity contribution in [2.75, 3.05) is 33.4 Å². The number of nitrogens with zero attached hydrogens (tertiary/aromatic N) is 3. The second kappa shape index (κ2) is 8.01. The van der Waals surface area contributed by atoms with E-state index in [0.29, 0.717) is 24.5 Å². The molecular formula is C18H18F3N3O3. The van der Waals surface area contributed by atoms with Gasteiger partial charge >= 0.3 is 6.18 Å². The van der Waals surface area contributed by atoms with Crippen molar-refractivity contribution in [3.05, 3.63) is 47.9 Å². The lowest BCUT2D eigenvalue weighted by Gasteiger charge is -2.33. The minimum atomic E-state index is -4.46. The quantitative estimate of drug-likeness (QED) is 0.815. The monoisotopic (exact) mass is 381 g/mol. The summed E-state index contributed by atoms with van der Waals surface area (Å²) in [6.45, 7) is 0.886. The van der Waals surface area contributed by atoms with Crippen molar-refractivity contribution >= 4 is 5.91 Å². The van der Waals surface area contributed by atoms with Crippen LogP contribution in [0.15, 0.2) is 36.7 Å². The first-order valence-electron chi connectivity index (χ1n) is 8.27. The topological polar surface area (TPSA) is 64.5 Å². The average molecular weight is 381 g/mol. The highest BCUT2D eigenvalue weighted by Gasteiger charge is 2.32. The molecule has 144 valence electrons. The fourth-order valence-electron chi connectivity index (χ4n) is 2.91. The number of amides is 1. The number of ether oxygens (including phenoxy) is 2. The minimum Gasteiger partial charge on any atom is -0.375 e. The number of rotatable bonds is 4. The summed E-state index contributed by atoms with van der Waals surface area (Å²) in [7, 11) is 1.43. The van der Waals surface area contributed by atoms with Crippen LogP contribution < -0.4 is 0 Å². The molecule has 0 bridgehead atoms. The van der Waals surface area contributed by atoms with Gasteiger partial charge in [-0.3, -0.25) is 14.8 Å². The molecule has 2 heterocycles. The number of morpholine rings is 1. The van der Waals surface area contributed by atoms with Gasteiger partial charge in [0.05, 0.1) is 30.1 Å². The van der Waals surface area contributed by atoms with Gasteiger partial charge in [0.15, 0.2) is 0 Å². The first-order chi connectivity index (χ1) is 12.9. The summed E-state index contributed by atoms with van der Waals surface area (Å²) in [4.78, 5) is 22.1. The molecule has 1 aromatic heterocycles. The molecule has 1 saturated heterocycles. The Hall–Kier alpha value is -2.52.